The van der Waals surface area contributed by atoms with Crippen LogP contribution in [0.25, 0.3) is 21.0 Å². The molecule has 1 aliphatic heterocycles. The van der Waals surface area contributed by atoms with Crippen LogP contribution < -0.4 is 9.62 Å². The van der Waals surface area contributed by atoms with E-state index in [0.29, 0.717) is 29.2 Å². The third-order valence-corrected chi connectivity index (χ3v) is 9.30. The van der Waals surface area contributed by atoms with Crippen LogP contribution in [0.5, 0.6) is 0 Å². The fourth-order valence-electron chi connectivity index (χ4n) is 4.61. The number of nitrogens with zero attached hydrogens (tertiary/aromatic N) is 3. The Morgan fingerprint density at radius 3 is 2.37 bits per heavy atom. The Labute approximate surface area is 229 Å². The van der Waals surface area contributed by atoms with Gasteiger partial charge in [-0.05, 0) is 65.4 Å². The highest BCUT2D eigenvalue weighted by Gasteiger charge is 2.23. The highest BCUT2D eigenvalue weighted by atomic mass is 35.5. The van der Waals surface area contributed by atoms with Crippen LogP contribution in [0.1, 0.15) is 10.4 Å². The molecular weight excluding hydrogens is 540 g/mol. The molecule has 0 aliphatic carbocycles. The molecule has 1 saturated heterocycles. The fraction of sp³-hybridized carbons (Fsp3) is 0.143. The van der Waals surface area contributed by atoms with Crippen LogP contribution in [0.3, 0.4) is 0 Å². The molecule has 5 aromatic rings. The summed E-state index contributed by atoms with van der Waals surface area (Å²) in [7, 11) is -3.82. The predicted octanol–water partition coefficient (Wildman–Crippen LogP) is 5.87. The molecule has 6 rings (SSSR count). The first-order valence-electron chi connectivity index (χ1n) is 12.1. The van der Waals surface area contributed by atoms with E-state index in [2.05, 4.69) is 14.6 Å². The zero-order chi connectivity index (χ0) is 26.3. The second kappa shape index (κ2) is 9.90. The fourth-order valence-corrected chi connectivity index (χ4v) is 6.91. The van der Waals surface area contributed by atoms with E-state index in [0.717, 1.165) is 34.2 Å². The van der Waals surface area contributed by atoms with Crippen molar-refractivity contribution in [3.05, 3.63) is 95.5 Å². The normalized spacial score (nSPS) is 14.2. The van der Waals surface area contributed by atoms with Gasteiger partial charge in [-0.3, -0.25) is 9.52 Å². The first-order chi connectivity index (χ1) is 18.4. The van der Waals surface area contributed by atoms with Gasteiger partial charge in [-0.25, -0.2) is 13.4 Å². The van der Waals surface area contributed by atoms with Crippen molar-refractivity contribution < 1.29 is 13.2 Å². The number of carbonyl (C=O) groups is 1. The number of hydrogen-bond donors (Lipinski definition) is 1. The second-order valence-corrected chi connectivity index (χ2v) is 12.2. The number of thiazole rings is 1. The maximum absolute atomic E-state index is 13.2. The van der Waals surface area contributed by atoms with Gasteiger partial charge in [0.1, 0.15) is 0 Å². The number of fused-ring (bicyclic) bond motifs is 2. The molecule has 0 saturated carbocycles. The van der Waals surface area contributed by atoms with Gasteiger partial charge in [-0.1, -0.05) is 53.3 Å². The van der Waals surface area contributed by atoms with Crippen molar-refractivity contribution in [2.75, 3.05) is 35.8 Å². The number of nitrogens with one attached hydrogen (secondary N) is 1. The molecule has 1 fully saturated rings. The number of halogens is 1. The summed E-state index contributed by atoms with van der Waals surface area (Å²) >= 11 is 7.20. The Kier molecular flexibility index (Phi) is 6.43. The van der Waals surface area contributed by atoms with Crippen LogP contribution >= 0.6 is 22.9 Å². The number of sulfonamides is 1. The van der Waals surface area contributed by atoms with Crippen molar-refractivity contribution in [3.8, 4) is 0 Å². The summed E-state index contributed by atoms with van der Waals surface area (Å²) in [6, 6.07) is 25.6. The number of piperazine rings is 1. The van der Waals surface area contributed by atoms with Crippen LogP contribution in [0.4, 0.5) is 10.8 Å². The second-order valence-electron chi connectivity index (χ2n) is 9.07. The number of anilines is 2. The number of amides is 1. The van der Waals surface area contributed by atoms with E-state index in [4.69, 9.17) is 11.6 Å². The summed E-state index contributed by atoms with van der Waals surface area (Å²) < 4.78 is 29.4. The van der Waals surface area contributed by atoms with E-state index in [-0.39, 0.29) is 15.9 Å². The Balaban J connectivity index is 1.16. The topological polar surface area (TPSA) is 82.6 Å². The Morgan fingerprint density at radius 1 is 0.868 bits per heavy atom. The number of hydrogen-bond acceptors (Lipinski definition) is 6. The standard InChI is InChI=1S/C28H23ClN4O3S2/c29-22-7-9-23(10-8-22)32-13-15-33(16-14-32)27(34)21-6-12-25-26(18-21)37-28(30-25)31-38(35,36)24-11-5-19-3-1-2-4-20(19)17-24/h1-12,17-18H,13-16H2,(H,30,31). The summed E-state index contributed by atoms with van der Waals surface area (Å²) in [6.07, 6.45) is 0. The van der Waals surface area contributed by atoms with E-state index in [1.807, 2.05) is 53.4 Å². The van der Waals surface area contributed by atoms with Gasteiger partial charge >= 0.3 is 0 Å². The Hall–Kier alpha value is -3.66. The summed E-state index contributed by atoms with van der Waals surface area (Å²) in [4.78, 5) is 21.9. The van der Waals surface area contributed by atoms with Crippen molar-refractivity contribution in [3.63, 3.8) is 0 Å². The minimum atomic E-state index is -3.82. The molecule has 1 N–H and O–H groups in total. The lowest BCUT2D eigenvalue weighted by Crippen LogP contribution is -2.48. The molecule has 10 heteroatoms. The van der Waals surface area contributed by atoms with Gasteiger partial charge in [-0.2, -0.15) is 0 Å². The van der Waals surface area contributed by atoms with Gasteiger partial charge < -0.3 is 9.80 Å². The molecule has 7 nitrogen and oxygen atoms in total. The number of aromatic nitrogens is 1. The third kappa shape index (κ3) is 4.92. The predicted molar refractivity (Wildman–Crippen MR) is 154 cm³/mol. The van der Waals surface area contributed by atoms with Crippen molar-refractivity contribution in [1.82, 2.24) is 9.88 Å². The first-order valence-corrected chi connectivity index (χ1v) is 14.8. The molecule has 0 atom stereocenters. The average molecular weight is 563 g/mol. The molecule has 192 valence electrons. The zero-order valence-corrected chi connectivity index (χ0v) is 22.6. The molecule has 1 aliphatic rings. The highest BCUT2D eigenvalue weighted by molar-refractivity contribution is 7.93. The van der Waals surface area contributed by atoms with Crippen LogP contribution in [-0.2, 0) is 10.0 Å². The minimum Gasteiger partial charge on any atom is -0.368 e. The monoisotopic (exact) mass is 562 g/mol. The van der Waals surface area contributed by atoms with Crippen LogP contribution in [0.15, 0.2) is 89.8 Å². The summed E-state index contributed by atoms with van der Waals surface area (Å²) in [6.45, 7) is 2.69. The van der Waals surface area contributed by atoms with Crippen LogP contribution in [0, 0.1) is 0 Å². The average Bonchev–Trinajstić information content (AvgIpc) is 3.33. The zero-order valence-electron chi connectivity index (χ0n) is 20.2. The number of rotatable bonds is 5. The van der Waals surface area contributed by atoms with Crippen molar-refractivity contribution in [2.45, 2.75) is 4.90 Å². The number of benzene rings is 4. The summed E-state index contributed by atoms with van der Waals surface area (Å²) in [5.74, 6) is -0.0469. The quantitative estimate of drug-likeness (QED) is 0.290. The minimum absolute atomic E-state index is 0.0469. The Morgan fingerprint density at radius 2 is 1.61 bits per heavy atom. The first kappa shape index (κ1) is 24.7. The van der Waals surface area contributed by atoms with Gasteiger partial charge in [0.25, 0.3) is 15.9 Å². The third-order valence-electron chi connectivity index (χ3n) is 6.65. The van der Waals surface area contributed by atoms with Crippen LogP contribution in [0.2, 0.25) is 5.02 Å². The molecule has 1 amide bonds. The van der Waals surface area contributed by atoms with E-state index in [1.54, 1.807) is 36.4 Å². The van der Waals surface area contributed by atoms with Crippen molar-refractivity contribution >= 4 is 70.7 Å². The van der Waals surface area contributed by atoms with E-state index < -0.39 is 10.0 Å². The lowest BCUT2D eigenvalue weighted by molar-refractivity contribution is 0.0747. The largest absolute Gasteiger partial charge is 0.368 e. The SMILES string of the molecule is O=C(c1ccc2nc(NS(=O)(=O)c3ccc4ccccc4c3)sc2c1)N1CCN(c2ccc(Cl)cc2)CC1. The molecule has 0 bridgehead atoms. The molecule has 38 heavy (non-hydrogen) atoms. The highest BCUT2D eigenvalue weighted by Crippen LogP contribution is 2.30. The van der Waals surface area contributed by atoms with E-state index >= 15 is 0 Å². The van der Waals surface area contributed by atoms with Crippen molar-refractivity contribution in [1.29, 1.82) is 0 Å². The lowest BCUT2D eigenvalue weighted by atomic mass is 10.1. The smallest absolute Gasteiger partial charge is 0.263 e. The molecule has 2 heterocycles. The molecule has 0 unspecified atom stereocenters. The van der Waals surface area contributed by atoms with E-state index in [1.165, 1.54) is 11.3 Å². The summed E-state index contributed by atoms with van der Waals surface area (Å²) in [5.41, 5.74) is 2.28. The molecule has 4 aromatic carbocycles. The van der Waals surface area contributed by atoms with E-state index in [9.17, 15) is 13.2 Å². The van der Waals surface area contributed by atoms with Gasteiger partial charge in [-0.15, -0.1) is 0 Å². The van der Waals surface area contributed by atoms with Crippen molar-refractivity contribution in [2.24, 2.45) is 0 Å². The van der Waals surface area contributed by atoms with Gasteiger partial charge in [0, 0.05) is 42.5 Å². The lowest BCUT2D eigenvalue weighted by Gasteiger charge is -2.36. The van der Waals surface area contributed by atoms with Gasteiger partial charge in [0.15, 0.2) is 5.13 Å². The number of carbonyl (C=O) groups excluding carboxylic acids is 1. The molecule has 1 aromatic heterocycles. The maximum atomic E-state index is 13.2. The molecular formula is C28H23ClN4O3S2. The molecule has 0 spiro atoms. The maximum Gasteiger partial charge on any atom is 0.263 e. The summed E-state index contributed by atoms with van der Waals surface area (Å²) in [5, 5.41) is 2.77. The van der Waals surface area contributed by atoms with Gasteiger partial charge in [0.2, 0.25) is 0 Å². The molecule has 0 radical (unpaired) electrons. The Bertz CT molecular complexity index is 1760. The van der Waals surface area contributed by atoms with Crippen LogP contribution in [-0.4, -0.2) is 50.4 Å². The van der Waals surface area contributed by atoms with Gasteiger partial charge in [0.05, 0.1) is 15.1 Å².